The highest BCUT2D eigenvalue weighted by molar-refractivity contribution is 7.93. The molecule has 0 atom stereocenters. The fourth-order valence-corrected chi connectivity index (χ4v) is 6.10. The summed E-state index contributed by atoms with van der Waals surface area (Å²) in [5.74, 6) is 0. The molecule has 0 aromatic heterocycles. The van der Waals surface area contributed by atoms with Gasteiger partial charge in [-0.25, -0.2) is 22.0 Å². The zero-order valence-electron chi connectivity index (χ0n) is 15.2. The number of aryl methyl sites for hydroxylation is 2. The Morgan fingerprint density at radius 3 is 2.04 bits per heavy atom. The first-order chi connectivity index (χ1) is 11.9. The monoisotopic (exact) mass is 394 g/mol. The van der Waals surface area contributed by atoms with Gasteiger partial charge in [0, 0.05) is 6.54 Å². The largest absolute Gasteiger partial charge is 0.266 e. The van der Waals surface area contributed by atoms with E-state index < -0.39 is 20.0 Å². The van der Waals surface area contributed by atoms with E-state index in [1.807, 2.05) is 33.8 Å². The molecule has 0 fully saturated rings. The molecule has 0 saturated carbocycles. The Labute approximate surface area is 154 Å². The predicted molar refractivity (Wildman–Crippen MR) is 101 cm³/mol. The third-order valence-corrected chi connectivity index (χ3v) is 8.08. The van der Waals surface area contributed by atoms with Crippen molar-refractivity contribution in [2.75, 3.05) is 10.8 Å². The van der Waals surface area contributed by atoms with Crippen LogP contribution in [-0.4, -0.2) is 23.4 Å². The van der Waals surface area contributed by atoms with Crippen molar-refractivity contribution in [1.82, 2.24) is 0 Å². The summed E-state index contributed by atoms with van der Waals surface area (Å²) in [6, 6.07) is 6.32. The number of primary sulfonamides is 1. The van der Waals surface area contributed by atoms with E-state index in [-0.39, 0.29) is 11.4 Å². The minimum Gasteiger partial charge on any atom is -0.266 e. The van der Waals surface area contributed by atoms with Crippen LogP contribution in [0.3, 0.4) is 0 Å². The maximum Gasteiger partial charge on any atom is 0.264 e. The molecule has 26 heavy (non-hydrogen) atoms. The molecule has 0 aliphatic carbocycles. The lowest BCUT2D eigenvalue weighted by Crippen LogP contribution is -2.30. The van der Waals surface area contributed by atoms with E-state index in [0.29, 0.717) is 22.6 Å². The summed E-state index contributed by atoms with van der Waals surface area (Å²) >= 11 is 0. The lowest BCUT2D eigenvalue weighted by molar-refractivity contribution is 0.590. The average molecular weight is 395 g/mol. The van der Waals surface area contributed by atoms with Crippen molar-refractivity contribution in [2.45, 2.75) is 43.9 Å². The van der Waals surface area contributed by atoms with Gasteiger partial charge in [0.15, 0.2) is 0 Å². The number of anilines is 1. The number of fused-ring (bicyclic) bond motifs is 1. The van der Waals surface area contributed by atoms with Gasteiger partial charge in [-0.15, -0.1) is 0 Å². The second-order valence-corrected chi connectivity index (χ2v) is 10.1. The number of nitrogens with two attached hydrogens (primary N) is 1. The number of sulfonamides is 2. The van der Waals surface area contributed by atoms with Gasteiger partial charge in [0.1, 0.15) is 0 Å². The molecule has 0 spiro atoms. The standard InChI is InChI=1S/C18H22N2O4S2/c1-11-9-12(2)14(4)18(13(11)3)26(23,24)20-8-7-15-10-16(25(19,21)22)5-6-17(15)20/h5-6,9-10H,7-8H2,1-4H3,(H2,19,21,22). The van der Waals surface area contributed by atoms with Gasteiger partial charge in [-0.2, -0.15) is 0 Å². The zero-order chi connectivity index (χ0) is 19.4. The molecule has 3 rings (SSSR count). The van der Waals surface area contributed by atoms with Gasteiger partial charge >= 0.3 is 0 Å². The number of benzene rings is 2. The molecule has 0 amide bonds. The molecule has 140 valence electrons. The van der Waals surface area contributed by atoms with Crippen molar-refractivity contribution in [3.8, 4) is 0 Å². The third-order valence-electron chi connectivity index (χ3n) is 5.08. The summed E-state index contributed by atoms with van der Waals surface area (Å²) in [5, 5.41) is 5.18. The molecule has 2 N–H and O–H groups in total. The van der Waals surface area contributed by atoms with Crippen molar-refractivity contribution in [3.63, 3.8) is 0 Å². The van der Waals surface area contributed by atoms with E-state index in [1.54, 1.807) is 0 Å². The Bertz CT molecular complexity index is 1090. The fourth-order valence-electron chi connectivity index (χ4n) is 3.45. The minimum atomic E-state index is -3.82. The van der Waals surface area contributed by atoms with Crippen LogP contribution >= 0.6 is 0 Å². The first-order valence-corrected chi connectivity index (χ1v) is 11.2. The highest BCUT2D eigenvalue weighted by Gasteiger charge is 2.34. The molecule has 0 saturated heterocycles. The molecule has 0 bridgehead atoms. The Morgan fingerprint density at radius 1 is 0.923 bits per heavy atom. The summed E-state index contributed by atoms with van der Waals surface area (Å²) in [7, 11) is -7.58. The zero-order valence-corrected chi connectivity index (χ0v) is 16.8. The summed E-state index contributed by atoms with van der Waals surface area (Å²) in [6.07, 6.45) is 0.445. The van der Waals surface area contributed by atoms with E-state index >= 15 is 0 Å². The molecule has 1 aliphatic heterocycles. The van der Waals surface area contributed by atoms with Crippen molar-refractivity contribution in [2.24, 2.45) is 5.14 Å². The second-order valence-electron chi connectivity index (χ2n) is 6.75. The Kier molecular flexibility index (Phi) is 4.41. The predicted octanol–water partition coefficient (Wildman–Crippen LogP) is 2.32. The second kappa shape index (κ2) is 6.07. The molecule has 2 aromatic rings. The van der Waals surface area contributed by atoms with Gasteiger partial charge < -0.3 is 0 Å². The van der Waals surface area contributed by atoms with Gasteiger partial charge in [-0.3, -0.25) is 4.31 Å². The van der Waals surface area contributed by atoms with E-state index in [1.165, 1.54) is 22.5 Å². The lowest BCUT2D eigenvalue weighted by Gasteiger charge is -2.24. The van der Waals surface area contributed by atoms with Crippen LogP contribution < -0.4 is 9.44 Å². The van der Waals surface area contributed by atoms with Crippen LogP contribution in [0.1, 0.15) is 27.8 Å². The van der Waals surface area contributed by atoms with Gasteiger partial charge in [0.2, 0.25) is 10.0 Å². The van der Waals surface area contributed by atoms with Crippen molar-refractivity contribution < 1.29 is 16.8 Å². The van der Waals surface area contributed by atoms with E-state index in [2.05, 4.69) is 0 Å². The molecule has 2 aromatic carbocycles. The van der Waals surface area contributed by atoms with Crippen LogP contribution in [-0.2, 0) is 26.5 Å². The Balaban J connectivity index is 2.17. The van der Waals surface area contributed by atoms with Crippen LogP contribution in [0.15, 0.2) is 34.1 Å². The molecule has 1 aliphatic rings. The van der Waals surface area contributed by atoms with E-state index in [9.17, 15) is 16.8 Å². The number of hydrogen-bond acceptors (Lipinski definition) is 4. The number of rotatable bonds is 3. The van der Waals surface area contributed by atoms with Crippen LogP contribution in [0.2, 0.25) is 0 Å². The average Bonchev–Trinajstić information content (AvgIpc) is 2.96. The summed E-state index contributed by atoms with van der Waals surface area (Å²) in [5.41, 5.74) is 4.51. The van der Waals surface area contributed by atoms with Crippen LogP contribution in [0.5, 0.6) is 0 Å². The Morgan fingerprint density at radius 2 is 1.50 bits per heavy atom. The fraction of sp³-hybridized carbons (Fsp3) is 0.333. The smallest absolute Gasteiger partial charge is 0.264 e. The maximum atomic E-state index is 13.4. The molecule has 0 radical (unpaired) electrons. The number of hydrogen-bond donors (Lipinski definition) is 1. The van der Waals surface area contributed by atoms with Gasteiger partial charge in [-0.05, 0) is 80.1 Å². The normalized spacial score (nSPS) is 14.6. The van der Waals surface area contributed by atoms with Crippen molar-refractivity contribution >= 4 is 25.7 Å². The van der Waals surface area contributed by atoms with Gasteiger partial charge in [0.25, 0.3) is 10.0 Å². The first-order valence-electron chi connectivity index (χ1n) is 8.20. The first kappa shape index (κ1) is 18.9. The van der Waals surface area contributed by atoms with Crippen molar-refractivity contribution in [1.29, 1.82) is 0 Å². The molecular formula is C18H22N2O4S2. The van der Waals surface area contributed by atoms with E-state index in [4.69, 9.17) is 5.14 Å². The van der Waals surface area contributed by atoms with Crippen LogP contribution in [0.25, 0.3) is 0 Å². The van der Waals surface area contributed by atoms with Crippen LogP contribution in [0, 0.1) is 27.7 Å². The molecule has 0 unspecified atom stereocenters. The number of nitrogens with zero attached hydrogens (tertiary/aromatic N) is 1. The van der Waals surface area contributed by atoms with Crippen molar-refractivity contribution in [3.05, 3.63) is 52.1 Å². The molecule has 6 nitrogen and oxygen atoms in total. The highest BCUT2D eigenvalue weighted by Crippen LogP contribution is 2.37. The Hall–Kier alpha value is -1.90. The highest BCUT2D eigenvalue weighted by atomic mass is 32.2. The topological polar surface area (TPSA) is 97.5 Å². The third kappa shape index (κ3) is 2.91. The molecule has 1 heterocycles. The van der Waals surface area contributed by atoms with Gasteiger partial charge in [0.05, 0.1) is 15.5 Å². The molecule has 8 heteroatoms. The van der Waals surface area contributed by atoms with Crippen LogP contribution in [0.4, 0.5) is 5.69 Å². The SMILES string of the molecule is Cc1cc(C)c(C)c(S(=O)(=O)N2CCc3cc(S(N)(=O)=O)ccc32)c1C. The molecular weight excluding hydrogens is 372 g/mol. The van der Waals surface area contributed by atoms with Gasteiger partial charge in [-0.1, -0.05) is 6.07 Å². The summed E-state index contributed by atoms with van der Waals surface area (Å²) in [6.45, 7) is 7.71. The van der Waals surface area contributed by atoms with E-state index in [0.717, 1.165) is 22.3 Å². The maximum absolute atomic E-state index is 13.4. The summed E-state index contributed by atoms with van der Waals surface area (Å²) < 4.78 is 51.3. The lowest BCUT2D eigenvalue weighted by atomic mass is 10.0. The minimum absolute atomic E-state index is 0.00532. The quantitative estimate of drug-likeness (QED) is 0.864. The summed E-state index contributed by atoms with van der Waals surface area (Å²) in [4.78, 5) is 0.327.